The third-order valence-corrected chi connectivity index (χ3v) is 2.99. The first-order valence-corrected chi connectivity index (χ1v) is 5.90. The minimum atomic E-state index is -0.983. The summed E-state index contributed by atoms with van der Waals surface area (Å²) in [7, 11) is 0. The molecular formula is C15H9N3O2. The number of hydrogen-bond acceptors (Lipinski definition) is 3. The van der Waals surface area contributed by atoms with E-state index in [-0.39, 0.29) is 5.56 Å². The maximum Gasteiger partial charge on any atom is 0.335 e. The van der Waals surface area contributed by atoms with Gasteiger partial charge in [-0.1, -0.05) is 12.1 Å². The Balaban J connectivity index is 2.13. The molecule has 0 aliphatic rings. The molecule has 1 N–H and O–H groups in total. The lowest BCUT2D eigenvalue weighted by molar-refractivity contribution is 0.0697. The van der Waals surface area contributed by atoms with Crippen molar-refractivity contribution in [2.45, 2.75) is 0 Å². The summed E-state index contributed by atoms with van der Waals surface area (Å²) in [5.74, 6) is -0.983. The Morgan fingerprint density at radius 2 is 2.15 bits per heavy atom. The summed E-state index contributed by atoms with van der Waals surface area (Å²) in [5.41, 5.74) is 2.84. The molecule has 0 fully saturated rings. The molecule has 0 spiro atoms. The second kappa shape index (κ2) is 4.52. The minimum Gasteiger partial charge on any atom is -0.478 e. The molecule has 0 aliphatic carbocycles. The largest absolute Gasteiger partial charge is 0.478 e. The summed E-state index contributed by atoms with van der Waals surface area (Å²) in [5, 5.41) is 17.9. The molecule has 96 valence electrons. The van der Waals surface area contributed by atoms with Gasteiger partial charge in [0.2, 0.25) is 0 Å². The maximum atomic E-state index is 10.9. The van der Waals surface area contributed by atoms with Crippen molar-refractivity contribution in [3.05, 3.63) is 59.9 Å². The lowest BCUT2D eigenvalue weighted by atomic mass is 10.1. The van der Waals surface area contributed by atoms with Crippen LogP contribution in [0.5, 0.6) is 0 Å². The van der Waals surface area contributed by atoms with Crippen molar-refractivity contribution in [2.24, 2.45) is 0 Å². The van der Waals surface area contributed by atoms with Crippen molar-refractivity contribution in [3.63, 3.8) is 0 Å². The average Bonchev–Trinajstić information content (AvgIpc) is 2.90. The van der Waals surface area contributed by atoms with Crippen molar-refractivity contribution in [1.82, 2.24) is 9.38 Å². The Morgan fingerprint density at radius 3 is 2.90 bits per heavy atom. The Bertz CT molecular complexity index is 859. The number of aromatic carboxylic acids is 1. The smallest absolute Gasteiger partial charge is 0.335 e. The van der Waals surface area contributed by atoms with Gasteiger partial charge in [0.15, 0.2) is 0 Å². The number of carbonyl (C=O) groups is 1. The van der Waals surface area contributed by atoms with Gasteiger partial charge in [0, 0.05) is 18.0 Å². The van der Waals surface area contributed by atoms with Crippen LogP contribution in [0.2, 0.25) is 0 Å². The molecule has 2 aromatic heterocycles. The van der Waals surface area contributed by atoms with Gasteiger partial charge < -0.3 is 9.51 Å². The van der Waals surface area contributed by atoms with Gasteiger partial charge in [0.25, 0.3) is 0 Å². The number of nitrogens with zero attached hydrogens (tertiary/aromatic N) is 3. The fourth-order valence-electron chi connectivity index (χ4n) is 2.00. The summed E-state index contributed by atoms with van der Waals surface area (Å²) in [6.45, 7) is 0. The normalized spacial score (nSPS) is 10.3. The maximum absolute atomic E-state index is 10.9. The van der Waals surface area contributed by atoms with E-state index in [0.717, 1.165) is 5.56 Å². The Labute approximate surface area is 114 Å². The van der Waals surface area contributed by atoms with Crippen LogP contribution in [0, 0.1) is 11.3 Å². The Kier molecular flexibility index (Phi) is 2.70. The number of rotatable bonds is 2. The average molecular weight is 263 g/mol. The van der Waals surface area contributed by atoms with E-state index >= 15 is 0 Å². The molecule has 5 heteroatoms. The zero-order chi connectivity index (χ0) is 14.1. The zero-order valence-electron chi connectivity index (χ0n) is 10.3. The van der Waals surface area contributed by atoms with E-state index in [4.69, 9.17) is 10.4 Å². The SMILES string of the molecule is N#Cc1cccc(-c2cn3ccc(C(=O)O)cc3n2)c1. The highest BCUT2D eigenvalue weighted by atomic mass is 16.4. The first kappa shape index (κ1) is 11.9. The summed E-state index contributed by atoms with van der Waals surface area (Å²) in [6, 6.07) is 12.2. The number of imidazole rings is 1. The van der Waals surface area contributed by atoms with Gasteiger partial charge in [-0.25, -0.2) is 9.78 Å². The fourth-order valence-corrected chi connectivity index (χ4v) is 2.00. The number of carboxylic acids is 1. The van der Waals surface area contributed by atoms with Crippen molar-refractivity contribution >= 4 is 11.6 Å². The summed E-state index contributed by atoms with van der Waals surface area (Å²) >= 11 is 0. The topological polar surface area (TPSA) is 78.4 Å². The minimum absolute atomic E-state index is 0.195. The van der Waals surface area contributed by atoms with E-state index in [2.05, 4.69) is 11.1 Å². The van der Waals surface area contributed by atoms with Crippen LogP contribution in [-0.2, 0) is 0 Å². The molecule has 2 heterocycles. The number of hydrogen-bond donors (Lipinski definition) is 1. The number of carboxylic acid groups (broad SMARTS) is 1. The lowest BCUT2D eigenvalue weighted by Gasteiger charge is -1.95. The van der Waals surface area contributed by atoms with Crippen LogP contribution >= 0.6 is 0 Å². The molecule has 5 nitrogen and oxygen atoms in total. The summed E-state index contributed by atoms with van der Waals surface area (Å²) in [4.78, 5) is 15.3. The molecule has 0 saturated heterocycles. The van der Waals surface area contributed by atoms with Crippen LogP contribution in [0.4, 0.5) is 0 Å². The highest BCUT2D eigenvalue weighted by Crippen LogP contribution is 2.20. The third-order valence-electron chi connectivity index (χ3n) is 2.99. The van der Waals surface area contributed by atoms with Gasteiger partial charge >= 0.3 is 5.97 Å². The van der Waals surface area contributed by atoms with Gasteiger partial charge in [-0.05, 0) is 24.3 Å². The van der Waals surface area contributed by atoms with Crippen LogP contribution in [0.25, 0.3) is 16.9 Å². The fraction of sp³-hybridized carbons (Fsp3) is 0. The molecule has 3 aromatic rings. The third kappa shape index (κ3) is 1.99. The molecule has 0 atom stereocenters. The molecule has 0 aliphatic heterocycles. The van der Waals surface area contributed by atoms with Gasteiger partial charge in [0.1, 0.15) is 5.65 Å². The predicted octanol–water partition coefficient (Wildman–Crippen LogP) is 2.57. The number of nitriles is 1. The van der Waals surface area contributed by atoms with E-state index in [0.29, 0.717) is 16.9 Å². The molecule has 0 saturated carbocycles. The molecule has 3 rings (SSSR count). The van der Waals surface area contributed by atoms with Crippen molar-refractivity contribution in [3.8, 4) is 17.3 Å². The quantitative estimate of drug-likeness (QED) is 0.770. The molecule has 0 bridgehead atoms. The molecule has 0 radical (unpaired) electrons. The van der Waals surface area contributed by atoms with Gasteiger partial charge in [-0.3, -0.25) is 0 Å². The monoisotopic (exact) mass is 263 g/mol. The predicted molar refractivity (Wildman–Crippen MR) is 72.3 cm³/mol. The molecule has 0 unspecified atom stereocenters. The first-order valence-electron chi connectivity index (χ1n) is 5.90. The van der Waals surface area contributed by atoms with Gasteiger partial charge in [0.05, 0.1) is 22.9 Å². The van der Waals surface area contributed by atoms with Gasteiger partial charge in [-0.15, -0.1) is 0 Å². The Hall–Kier alpha value is -3.13. The van der Waals surface area contributed by atoms with Crippen LogP contribution in [0.1, 0.15) is 15.9 Å². The van der Waals surface area contributed by atoms with Crippen molar-refractivity contribution in [2.75, 3.05) is 0 Å². The van der Waals surface area contributed by atoms with Crippen LogP contribution in [0.3, 0.4) is 0 Å². The van der Waals surface area contributed by atoms with E-state index in [1.165, 1.54) is 12.1 Å². The van der Waals surface area contributed by atoms with Crippen LogP contribution in [-0.4, -0.2) is 20.5 Å². The van der Waals surface area contributed by atoms with Crippen molar-refractivity contribution in [1.29, 1.82) is 5.26 Å². The molecule has 0 amide bonds. The zero-order valence-corrected chi connectivity index (χ0v) is 10.3. The highest BCUT2D eigenvalue weighted by molar-refractivity contribution is 5.88. The molecule has 1 aromatic carbocycles. The molecule has 20 heavy (non-hydrogen) atoms. The number of fused-ring (bicyclic) bond motifs is 1. The summed E-state index contributed by atoms with van der Waals surface area (Å²) < 4.78 is 1.75. The second-order valence-corrected chi connectivity index (χ2v) is 4.30. The van der Waals surface area contributed by atoms with Crippen LogP contribution in [0.15, 0.2) is 48.8 Å². The standard InChI is InChI=1S/C15H9N3O2/c16-8-10-2-1-3-11(6-10)13-9-18-5-4-12(15(19)20)7-14(18)17-13/h1-7,9H,(H,19,20). The number of benzene rings is 1. The number of pyridine rings is 1. The van der Waals surface area contributed by atoms with E-state index in [1.807, 2.05) is 6.07 Å². The van der Waals surface area contributed by atoms with Crippen molar-refractivity contribution < 1.29 is 9.90 Å². The first-order chi connectivity index (χ1) is 9.67. The van der Waals surface area contributed by atoms with Crippen LogP contribution < -0.4 is 0 Å². The van der Waals surface area contributed by atoms with E-state index < -0.39 is 5.97 Å². The summed E-state index contributed by atoms with van der Waals surface area (Å²) in [6.07, 6.45) is 3.46. The highest BCUT2D eigenvalue weighted by Gasteiger charge is 2.08. The van der Waals surface area contributed by atoms with E-state index in [9.17, 15) is 4.79 Å². The number of aromatic nitrogens is 2. The van der Waals surface area contributed by atoms with Gasteiger partial charge in [-0.2, -0.15) is 5.26 Å². The molecular weight excluding hydrogens is 254 g/mol. The lowest BCUT2D eigenvalue weighted by Crippen LogP contribution is -1.96. The second-order valence-electron chi connectivity index (χ2n) is 4.30. The Morgan fingerprint density at radius 1 is 1.30 bits per heavy atom. The van der Waals surface area contributed by atoms with E-state index in [1.54, 1.807) is 35.0 Å².